The van der Waals surface area contributed by atoms with Gasteiger partial charge in [0.2, 0.25) is 0 Å². The molecule has 0 unspecified atom stereocenters. The van der Waals surface area contributed by atoms with Crippen molar-refractivity contribution in [2.45, 2.75) is 58.3 Å². The second-order valence-corrected chi connectivity index (χ2v) is 6.21. The number of carbonyl (C=O) groups excluding carboxylic acids is 1. The third-order valence-corrected chi connectivity index (χ3v) is 2.70. The first kappa shape index (κ1) is 20.7. The minimum absolute atomic E-state index is 0. The second-order valence-electron chi connectivity index (χ2n) is 6.21. The topological polar surface area (TPSA) is 38.8 Å². The molecule has 1 atom stereocenters. The molecule has 0 bridgehead atoms. The van der Waals surface area contributed by atoms with Gasteiger partial charge in [0.25, 0.3) is 0 Å². The van der Waals surface area contributed by atoms with E-state index >= 15 is 0 Å². The first-order chi connectivity index (χ1) is 8.32. The summed E-state index contributed by atoms with van der Waals surface area (Å²) in [6.07, 6.45) is -1.82. The van der Waals surface area contributed by atoms with Crippen LogP contribution in [0.4, 0.5) is 17.7 Å². The number of rotatable bonds is 2. The van der Waals surface area contributed by atoms with Gasteiger partial charge in [0.1, 0.15) is 11.3 Å². The molecule has 0 N–H and O–H groups in total. The predicted molar refractivity (Wildman–Crippen MR) is 65.8 cm³/mol. The molecule has 0 aromatic carbocycles. The number of amides is 1. The van der Waals surface area contributed by atoms with E-state index < -0.39 is 36.8 Å². The van der Waals surface area contributed by atoms with Gasteiger partial charge in [-0.05, 0) is 34.6 Å². The molecule has 1 saturated heterocycles. The molecule has 1 fully saturated rings. The molecular weight excluding hydrogens is 301 g/mol. The molecule has 112 valence electrons. The van der Waals surface area contributed by atoms with Gasteiger partial charge in [-0.15, -0.1) is 0 Å². The van der Waals surface area contributed by atoms with Crippen LogP contribution in [0.1, 0.15) is 34.6 Å². The summed E-state index contributed by atoms with van der Waals surface area (Å²) in [5.74, 6) is 0. The second kappa shape index (κ2) is 6.87. The van der Waals surface area contributed by atoms with Crippen LogP contribution in [0.2, 0.25) is 6.32 Å². The molecule has 0 aromatic rings. The normalized spacial score (nSPS) is 22.4. The van der Waals surface area contributed by atoms with E-state index in [1.54, 1.807) is 34.6 Å². The number of carbonyl (C=O) groups is 1. The van der Waals surface area contributed by atoms with Crippen LogP contribution in [0.25, 0.3) is 0 Å². The van der Waals surface area contributed by atoms with E-state index in [0.717, 1.165) is 4.90 Å². The van der Waals surface area contributed by atoms with Crippen molar-refractivity contribution < 1.29 is 78.6 Å². The summed E-state index contributed by atoms with van der Waals surface area (Å²) < 4.78 is 48.1. The Morgan fingerprint density at radius 1 is 1.40 bits per heavy atom. The Balaban J connectivity index is 0.00000361. The van der Waals surface area contributed by atoms with Crippen molar-refractivity contribution in [3.63, 3.8) is 0 Å². The van der Waals surface area contributed by atoms with E-state index in [1.807, 2.05) is 0 Å². The van der Waals surface area contributed by atoms with E-state index in [4.69, 9.17) is 9.47 Å². The average Bonchev–Trinajstić information content (AvgIpc) is 2.34. The van der Waals surface area contributed by atoms with Crippen LogP contribution >= 0.6 is 0 Å². The van der Waals surface area contributed by atoms with Crippen molar-refractivity contribution >= 4 is 13.1 Å². The van der Waals surface area contributed by atoms with E-state index in [-0.39, 0.29) is 58.0 Å². The summed E-state index contributed by atoms with van der Waals surface area (Å²) in [7, 11) is 0. The van der Waals surface area contributed by atoms with Crippen LogP contribution in [0.5, 0.6) is 0 Å². The Kier molecular flexibility index (Phi) is 7.12. The zero-order chi connectivity index (χ0) is 15.1. The maximum absolute atomic E-state index is 12.6. The quantitative estimate of drug-likeness (QED) is 0.683. The zero-order valence-corrected chi connectivity index (χ0v) is 16.0. The number of hydrogen-bond acceptors (Lipinski definition) is 3. The van der Waals surface area contributed by atoms with Gasteiger partial charge in [-0.1, -0.05) is 6.32 Å². The molecule has 1 rings (SSSR count). The summed E-state index contributed by atoms with van der Waals surface area (Å²) in [5, 5.41) is 0. The molecule has 1 heterocycles. The number of hydrogen-bond donors (Lipinski definition) is 0. The van der Waals surface area contributed by atoms with Crippen LogP contribution in [-0.4, -0.2) is 41.9 Å². The SMILES string of the molecule is CC(C)(C)OC(=O)N1[C@H](C[B-](F)(F)F)COC1(C)C.[K+]. The first-order valence-electron chi connectivity index (χ1n) is 6.19. The number of ether oxygens (including phenoxy) is 2. The minimum Gasteiger partial charge on any atom is -0.449 e. The van der Waals surface area contributed by atoms with Gasteiger partial charge in [0.05, 0.1) is 6.61 Å². The van der Waals surface area contributed by atoms with Gasteiger partial charge in [-0.3, -0.25) is 4.90 Å². The van der Waals surface area contributed by atoms with Crippen molar-refractivity contribution in [3.05, 3.63) is 0 Å². The van der Waals surface area contributed by atoms with Gasteiger partial charge in [-0.25, -0.2) is 4.79 Å². The molecule has 0 saturated carbocycles. The first-order valence-corrected chi connectivity index (χ1v) is 6.19. The molecular formula is C11H20BF3KNO3. The van der Waals surface area contributed by atoms with Crippen LogP contribution in [0.3, 0.4) is 0 Å². The van der Waals surface area contributed by atoms with Gasteiger partial charge < -0.3 is 22.4 Å². The molecule has 0 aliphatic carbocycles. The van der Waals surface area contributed by atoms with Crippen LogP contribution in [0, 0.1) is 0 Å². The zero-order valence-electron chi connectivity index (χ0n) is 12.9. The largest absolute Gasteiger partial charge is 1.00 e. The van der Waals surface area contributed by atoms with Gasteiger partial charge in [0.15, 0.2) is 0 Å². The Morgan fingerprint density at radius 3 is 2.30 bits per heavy atom. The Labute approximate surface area is 160 Å². The monoisotopic (exact) mass is 321 g/mol. The van der Waals surface area contributed by atoms with Gasteiger partial charge in [0, 0.05) is 6.04 Å². The number of nitrogens with zero attached hydrogens (tertiary/aromatic N) is 1. The molecule has 0 radical (unpaired) electrons. The van der Waals surface area contributed by atoms with Crippen molar-refractivity contribution in [3.8, 4) is 0 Å². The fourth-order valence-electron chi connectivity index (χ4n) is 2.05. The third-order valence-electron chi connectivity index (χ3n) is 2.70. The summed E-state index contributed by atoms with van der Waals surface area (Å²) in [5.41, 5.74) is -1.85. The Hall–Kier alpha value is 0.721. The summed E-state index contributed by atoms with van der Waals surface area (Å²) >= 11 is 0. The van der Waals surface area contributed by atoms with E-state index in [9.17, 15) is 17.7 Å². The maximum atomic E-state index is 12.6. The van der Waals surface area contributed by atoms with E-state index in [0.29, 0.717) is 0 Å². The minimum atomic E-state index is -4.99. The Morgan fingerprint density at radius 2 is 1.90 bits per heavy atom. The van der Waals surface area contributed by atoms with Crippen molar-refractivity contribution in [1.29, 1.82) is 0 Å². The Bertz CT molecular complexity index is 358. The molecule has 4 nitrogen and oxygen atoms in total. The third kappa shape index (κ3) is 6.23. The van der Waals surface area contributed by atoms with Crippen LogP contribution < -0.4 is 51.4 Å². The van der Waals surface area contributed by atoms with E-state index in [1.165, 1.54) is 0 Å². The van der Waals surface area contributed by atoms with Gasteiger partial charge in [-0.2, -0.15) is 0 Å². The molecule has 1 amide bonds. The predicted octanol–water partition coefficient (Wildman–Crippen LogP) is 0.210. The van der Waals surface area contributed by atoms with Crippen LogP contribution in [0.15, 0.2) is 0 Å². The van der Waals surface area contributed by atoms with Crippen molar-refractivity contribution in [2.24, 2.45) is 0 Å². The fraction of sp³-hybridized carbons (Fsp3) is 0.909. The summed E-state index contributed by atoms with van der Waals surface area (Å²) in [6, 6.07) is -1.02. The standard InChI is InChI=1S/C11H20BF3NO3.K/c1-10(2,3)19-9(17)16-8(6-12(13,14)15)7-18-11(16,4)5;/h8H,6-7H2,1-5H3;/q-1;+1/t8-;/m1./s1. The van der Waals surface area contributed by atoms with Crippen LogP contribution in [-0.2, 0) is 9.47 Å². The molecule has 1 aliphatic heterocycles. The maximum Gasteiger partial charge on any atom is 1.00 e. The smallest absolute Gasteiger partial charge is 0.449 e. The summed E-state index contributed by atoms with van der Waals surface area (Å²) in [4.78, 5) is 13.1. The number of halogens is 3. The molecule has 0 aromatic heterocycles. The fourth-order valence-corrected chi connectivity index (χ4v) is 2.05. The van der Waals surface area contributed by atoms with Gasteiger partial charge >= 0.3 is 64.5 Å². The molecule has 1 aliphatic rings. The average molecular weight is 321 g/mol. The molecule has 0 spiro atoms. The molecule has 9 heteroatoms. The van der Waals surface area contributed by atoms with E-state index in [2.05, 4.69) is 0 Å². The van der Waals surface area contributed by atoms with Crippen molar-refractivity contribution in [1.82, 2.24) is 4.90 Å². The summed E-state index contributed by atoms with van der Waals surface area (Å²) in [6.45, 7) is 2.99. The molecule has 20 heavy (non-hydrogen) atoms. The van der Waals surface area contributed by atoms with Crippen molar-refractivity contribution in [2.75, 3.05) is 6.61 Å².